The summed E-state index contributed by atoms with van der Waals surface area (Å²) < 4.78 is 2.71. The van der Waals surface area contributed by atoms with Gasteiger partial charge in [0.25, 0.3) is 0 Å². The number of thiophene rings is 1. The summed E-state index contributed by atoms with van der Waals surface area (Å²) in [6.07, 6.45) is 0. The van der Waals surface area contributed by atoms with Crippen LogP contribution in [0.25, 0.3) is 53.2 Å². The Morgan fingerprint density at radius 2 is 1.30 bits per heavy atom. The van der Waals surface area contributed by atoms with Gasteiger partial charge in [-0.1, -0.05) is 78.5 Å². The maximum absolute atomic E-state index is 2.40. The van der Waals surface area contributed by atoms with Crippen molar-refractivity contribution in [2.24, 2.45) is 0 Å². The van der Waals surface area contributed by atoms with Crippen LogP contribution in [0.5, 0.6) is 0 Å². The Labute approximate surface area is 182 Å². The van der Waals surface area contributed by atoms with Crippen LogP contribution in [0.4, 0.5) is 0 Å². The van der Waals surface area contributed by atoms with E-state index < -0.39 is 0 Å². The molecule has 0 saturated carbocycles. The van der Waals surface area contributed by atoms with Crippen molar-refractivity contribution in [3.63, 3.8) is 0 Å². The summed E-state index contributed by atoms with van der Waals surface area (Å²) in [6.45, 7) is 0. The van der Waals surface area contributed by atoms with Gasteiger partial charge >= 0.3 is 0 Å². The van der Waals surface area contributed by atoms with Gasteiger partial charge in [0, 0.05) is 35.3 Å². The second kappa shape index (κ2) is 6.21. The zero-order valence-corrected chi connectivity index (χ0v) is 17.7. The highest BCUT2D eigenvalue weighted by Crippen LogP contribution is 2.49. The van der Waals surface area contributed by atoms with Gasteiger partial charge in [-0.25, -0.2) is 0 Å². The van der Waals surface area contributed by atoms with Crippen molar-refractivity contribution in [2.75, 3.05) is 0 Å². The van der Waals surface area contributed by atoms with E-state index in [9.17, 15) is 0 Å². The summed E-state index contributed by atoms with van der Waals surface area (Å²) in [5.74, 6) is 0. The molecule has 0 amide bonds. The fourth-order valence-corrected chi connectivity index (χ4v) is 7.01. The van der Waals surface area contributed by atoms with Gasteiger partial charge in [-0.2, -0.15) is 0 Å². The normalized spacial score (nSPS) is 12.5. The van der Waals surface area contributed by atoms with E-state index in [-0.39, 0.29) is 0 Å². The molecule has 7 rings (SSSR count). The SMILES string of the molecule is c1cc2c3c(cccc3c1)-c1cc(-c3cccc4sc5ccccc5c34)ccc1S2. The molecule has 0 aliphatic carbocycles. The third-order valence-electron chi connectivity index (χ3n) is 6.07. The van der Waals surface area contributed by atoms with Crippen LogP contribution >= 0.6 is 23.1 Å². The molecule has 6 aromatic rings. The van der Waals surface area contributed by atoms with E-state index in [0.29, 0.717) is 0 Å². The van der Waals surface area contributed by atoms with E-state index >= 15 is 0 Å². The van der Waals surface area contributed by atoms with Crippen LogP contribution in [0.1, 0.15) is 0 Å². The lowest BCUT2D eigenvalue weighted by Gasteiger charge is -2.21. The third-order valence-corrected chi connectivity index (χ3v) is 8.34. The predicted molar refractivity (Wildman–Crippen MR) is 132 cm³/mol. The molecule has 0 radical (unpaired) electrons. The van der Waals surface area contributed by atoms with E-state index in [1.54, 1.807) is 0 Å². The summed E-state index contributed by atoms with van der Waals surface area (Å²) in [5.41, 5.74) is 5.31. The van der Waals surface area contributed by atoms with Gasteiger partial charge in [0.1, 0.15) is 0 Å². The molecule has 1 aliphatic rings. The van der Waals surface area contributed by atoms with E-state index in [0.717, 1.165) is 0 Å². The first-order chi connectivity index (χ1) is 14.9. The van der Waals surface area contributed by atoms with Crippen LogP contribution in [0.15, 0.2) is 107 Å². The molecule has 30 heavy (non-hydrogen) atoms. The van der Waals surface area contributed by atoms with Gasteiger partial charge < -0.3 is 0 Å². The van der Waals surface area contributed by atoms with Crippen molar-refractivity contribution in [2.45, 2.75) is 9.79 Å². The fraction of sp³-hybridized carbons (Fsp3) is 0. The maximum atomic E-state index is 2.40. The average Bonchev–Trinajstić information content (AvgIpc) is 3.18. The molecule has 2 heterocycles. The molecule has 0 saturated heterocycles. The third kappa shape index (κ3) is 2.29. The number of hydrogen-bond donors (Lipinski definition) is 0. The van der Waals surface area contributed by atoms with Crippen LogP contribution in [-0.4, -0.2) is 0 Å². The Bertz CT molecular complexity index is 1620. The average molecular weight is 417 g/mol. The van der Waals surface area contributed by atoms with Gasteiger partial charge in [0.2, 0.25) is 0 Å². The van der Waals surface area contributed by atoms with Crippen molar-refractivity contribution in [1.82, 2.24) is 0 Å². The Balaban J connectivity index is 1.52. The van der Waals surface area contributed by atoms with Gasteiger partial charge in [0.05, 0.1) is 0 Å². The highest BCUT2D eigenvalue weighted by Gasteiger charge is 2.20. The quantitative estimate of drug-likeness (QED) is 0.257. The van der Waals surface area contributed by atoms with Crippen molar-refractivity contribution in [3.8, 4) is 22.3 Å². The predicted octanol–water partition coefficient (Wildman–Crippen LogP) is 9.01. The Hall–Kier alpha value is -3.07. The molecule has 0 N–H and O–H groups in total. The van der Waals surface area contributed by atoms with E-state index in [4.69, 9.17) is 0 Å². The second-order valence-electron chi connectivity index (χ2n) is 7.75. The van der Waals surface area contributed by atoms with E-state index in [1.165, 1.54) is 63.0 Å². The molecule has 0 atom stereocenters. The minimum atomic E-state index is 1.29. The molecule has 0 spiro atoms. The molecule has 1 aromatic heterocycles. The smallest absolute Gasteiger partial charge is 0.0361 e. The van der Waals surface area contributed by atoms with Crippen LogP contribution in [0.2, 0.25) is 0 Å². The van der Waals surface area contributed by atoms with Gasteiger partial charge in [-0.3, -0.25) is 0 Å². The highest BCUT2D eigenvalue weighted by molar-refractivity contribution is 7.99. The molecule has 140 valence electrons. The topological polar surface area (TPSA) is 0 Å². The van der Waals surface area contributed by atoms with Crippen LogP contribution in [0, 0.1) is 0 Å². The van der Waals surface area contributed by atoms with Gasteiger partial charge in [-0.05, 0) is 58.0 Å². The summed E-state index contributed by atoms with van der Waals surface area (Å²) >= 11 is 3.77. The minimum Gasteiger partial charge on any atom is -0.135 e. The summed E-state index contributed by atoms with van der Waals surface area (Å²) in [4.78, 5) is 2.70. The van der Waals surface area contributed by atoms with Crippen LogP contribution in [0.3, 0.4) is 0 Å². The monoisotopic (exact) mass is 416 g/mol. The molecular weight excluding hydrogens is 400 g/mol. The lowest BCUT2D eigenvalue weighted by Crippen LogP contribution is -1.93. The summed E-state index contributed by atoms with van der Waals surface area (Å²) in [5, 5.41) is 5.43. The maximum Gasteiger partial charge on any atom is 0.0361 e. The lowest BCUT2D eigenvalue weighted by molar-refractivity contribution is 1.40. The van der Waals surface area contributed by atoms with E-state index in [1.807, 2.05) is 23.1 Å². The Morgan fingerprint density at radius 1 is 0.500 bits per heavy atom. The molecule has 0 unspecified atom stereocenters. The standard InChI is InChI=1S/C28H16S2/c1-2-11-23-21(8-1)28-19(9-5-13-26(28)29-23)18-14-15-24-22(16-18)20-10-3-6-17-7-4-12-25(30-24)27(17)20/h1-16H. The zero-order valence-electron chi connectivity index (χ0n) is 16.1. The summed E-state index contributed by atoms with van der Waals surface area (Å²) in [7, 11) is 0. The minimum absolute atomic E-state index is 1.29. The Morgan fingerprint density at radius 3 is 2.27 bits per heavy atom. The fourth-order valence-electron chi connectivity index (χ4n) is 4.75. The largest absolute Gasteiger partial charge is 0.135 e. The molecule has 0 nitrogen and oxygen atoms in total. The van der Waals surface area contributed by atoms with Crippen LogP contribution < -0.4 is 0 Å². The number of fused-ring (bicyclic) bond motifs is 5. The summed E-state index contributed by atoms with van der Waals surface area (Å²) in [6, 6.07) is 35.8. The van der Waals surface area contributed by atoms with Crippen LogP contribution in [-0.2, 0) is 0 Å². The van der Waals surface area contributed by atoms with Crippen molar-refractivity contribution in [3.05, 3.63) is 97.1 Å². The van der Waals surface area contributed by atoms with Crippen molar-refractivity contribution < 1.29 is 0 Å². The highest BCUT2D eigenvalue weighted by atomic mass is 32.2. The molecule has 0 bridgehead atoms. The van der Waals surface area contributed by atoms with Gasteiger partial charge in [-0.15, -0.1) is 11.3 Å². The zero-order chi connectivity index (χ0) is 19.7. The van der Waals surface area contributed by atoms with Crippen molar-refractivity contribution >= 4 is 54.0 Å². The second-order valence-corrected chi connectivity index (χ2v) is 9.92. The van der Waals surface area contributed by atoms with Crippen molar-refractivity contribution in [1.29, 1.82) is 0 Å². The molecule has 1 aliphatic heterocycles. The molecule has 0 fully saturated rings. The first-order valence-electron chi connectivity index (χ1n) is 10.1. The first kappa shape index (κ1) is 16.7. The molecule has 5 aromatic carbocycles. The number of hydrogen-bond acceptors (Lipinski definition) is 2. The Kier molecular flexibility index (Phi) is 3.46. The number of rotatable bonds is 1. The first-order valence-corrected chi connectivity index (χ1v) is 11.7. The molecule has 2 heteroatoms. The lowest BCUT2D eigenvalue weighted by atomic mass is 9.93. The molecular formula is C28H16S2. The van der Waals surface area contributed by atoms with Gasteiger partial charge in [0.15, 0.2) is 0 Å². The van der Waals surface area contributed by atoms with E-state index in [2.05, 4.69) is 97.1 Å². The number of benzene rings is 5.